The quantitative estimate of drug-likeness (QED) is 0.231. The van der Waals surface area contributed by atoms with Gasteiger partial charge in [0.05, 0.1) is 17.0 Å². The second kappa shape index (κ2) is 14.0. The largest absolute Gasteiger partial charge is 0.322 e. The summed E-state index contributed by atoms with van der Waals surface area (Å²) in [4.78, 5) is 0.226. The summed E-state index contributed by atoms with van der Waals surface area (Å²) in [6.45, 7) is 12.9. The summed E-state index contributed by atoms with van der Waals surface area (Å²) in [5.41, 5.74) is 16.3. The normalized spacial score (nSPS) is 12.5. The van der Waals surface area contributed by atoms with Crippen LogP contribution in [0.1, 0.15) is 56.6 Å². The van der Waals surface area contributed by atoms with E-state index in [1.165, 1.54) is 27.8 Å². The first-order chi connectivity index (χ1) is 17.5. The molecule has 0 heterocycles. The molecule has 4 aromatic rings. The third-order valence-electron chi connectivity index (χ3n) is 7.06. The molecule has 0 unspecified atom stereocenters. The fraction of sp³-hybridized carbons (Fsp3) is 0.250. The van der Waals surface area contributed by atoms with Crippen molar-refractivity contribution in [2.75, 3.05) is 0 Å². The van der Waals surface area contributed by atoms with Gasteiger partial charge in [-0.3, -0.25) is 0 Å². The van der Waals surface area contributed by atoms with Crippen LogP contribution in [0, 0.1) is 41.5 Å². The Morgan fingerprint density at radius 2 is 1.08 bits per heavy atom. The average molecular weight is 616 g/mol. The van der Waals surface area contributed by atoms with E-state index >= 15 is 0 Å². The molecule has 2 atom stereocenters. The number of hydrogen-bond donors (Lipinski definition) is 2. The van der Waals surface area contributed by atoms with Gasteiger partial charge in [0, 0.05) is 19.5 Å². The molecule has 0 amide bonds. The fourth-order valence-corrected chi connectivity index (χ4v) is 5.49. The van der Waals surface area contributed by atoms with Crippen LogP contribution in [0.4, 0.5) is 0 Å². The molecule has 4 rings (SSSR count). The van der Waals surface area contributed by atoms with Gasteiger partial charge in [-0.1, -0.05) is 84.4 Å². The van der Waals surface area contributed by atoms with Gasteiger partial charge in [-0.05, 0) is 92.6 Å². The van der Waals surface area contributed by atoms with E-state index in [1.807, 2.05) is 67.6 Å². The number of sulfonamides is 1. The van der Waals surface area contributed by atoms with Crippen molar-refractivity contribution in [1.29, 1.82) is 0 Å². The molecule has 0 spiro atoms. The van der Waals surface area contributed by atoms with Crippen LogP contribution in [0.5, 0.6) is 0 Å². The minimum atomic E-state index is -3.71. The van der Waals surface area contributed by atoms with E-state index in [0.717, 1.165) is 16.7 Å². The van der Waals surface area contributed by atoms with E-state index in [0.29, 0.717) is 0 Å². The maximum absolute atomic E-state index is 12.9. The molecule has 0 aliphatic carbocycles. The Labute approximate surface area is 241 Å². The van der Waals surface area contributed by atoms with Gasteiger partial charge in [0.2, 0.25) is 10.0 Å². The molecule has 3 N–H and O–H groups in total. The standard InChI is InChI=1S/C21H22N2O2S.C11H16.Ru/c1-16-12-14-19(15-13-16)26(24,25)23-21(18-10-6-3-7-11-18)20(22)17-8-4-2-5-9-17;1-7-6-8(2)10(4)11(5)9(7)3;/h2-15,20-21,23H,22H2,1H3;6H,1-5H3;/t20-,21-;;/m1../s1. The first kappa shape index (κ1) is 31.6. The van der Waals surface area contributed by atoms with Crippen LogP contribution in [0.25, 0.3) is 0 Å². The molecule has 0 aromatic heterocycles. The van der Waals surface area contributed by atoms with Gasteiger partial charge in [-0.25, -0.2) is 13.1 Å². The molecule has 38 heavy (non-hydrogen) atoms. The molecule has 0 aliphatic heterocycles. The maximum Gasteiger partial charge on any atom is 0.241 e. The smallest absolute Gasteiger partial charge is 0.241 e. The van der Waals surface area contributed by atoms with Crippen LogP contribution in [0.3, 0.4) is 0 Å². The number of benzene rings is 4. The molecule has 0 fully saturated rings. The summed E-state index contributed by atoms with van der Waals surface area (Å²) in [6.07, 6.45) is 0. The zero-order chi connectivity index (χ0) is 27.2. The Morgan fingerprint density at radius 3 is 1.55 bits per heavy atom. The van der Waals surface area contributed by atoms with Crippen molar-refractivity contribution in [1.82, 2.24) is 4.72 Å². The molecular weight excluding hydrogens is 578 g/mol. The number of rotatable bonds is 6. The number of nitrogens with one attached hydrogen (secondary N) is 1. The Hall–Kier alpha value is -2.63. The van der Waals surface area contributed by atoms with Crippen LogP contribution in [-0.4, -0.2) is 8.42 Å². The molecule has 4 aromatic carbocycles. The van der Waals surface area contributed by atoms with Gasteiger partial charge >= 0.3 is 0 Å². The Morgan fingerprint density at radius 1 is 0.632 bits per heavy atom. The zero-order valence-electron chi connectivity index (χ0n) is 23.0. The first-order valence-electron chi connectivity index (χ1n) is 12.5. The second-order valence-electron chi connectivity index (χ2n) is 9.64. The van der Waals surface area contributed by atoms with Crippen molar-refractivity contribution < 1.29 is 27.9 Å². The molecule has 0 saturated heterocycles. The molecule has 6 heteroatoms. The predicted octanol–water partition coefficient (Wildman–Crippen LogP) is 6.94. The van der Waals surface area contributed by atoms with Crippen molar-refractivity contribution in [2.24, 2.45) is 5.73 Å². The summed E-state index contributed by atoms with van der Waals surface area (Å²) in [7, 11) is -3.71. The van der Waals surface area contributed by atoms with Crippen molar-refractivity contribution >= 4 is 10.0 Å². The van der Waals surface area contributed by atoms with Gasteiger partial charge in [-0.2, -0.15) is 0 Å². The molecule has 0 radical (unpaired) electrons. The van der Waals surface area contributed by atoms with Gasteiger partial charge in [-0.15, -0.1) is 0 Å². The minimum Gasteiger partial charge on any atom is -0.322 e. The third-order valence-corrected chi connectivity index (χ3v) is 8.51. The second-order valence-corrected chi connectivity index (χ2v) is 11.4. The Kier molecular flexibility index (Phi) is 11.6. The van der Waals surface area contributed by atoms with Crippen molar-refractivity contribution in [3.8, 4) is 0 Å². The van der Waals surface area contributed by atoms with Crippen LogP contribution in [-0.2, 0) is 29.5 Å². The minimum absolute atomic E-state index is 0. The van der Waals surface area contributed by atoms with Crippen LogP contribution < -0.4 is 10.5 Å². The fourth-order valence-electron chi connectivity index (χ4n) is 4.24. The van der Waals surface area contributed by atoms with Gasteiger partial charge in [0.25, 0.3) is 0 Å². The van der Waals surface area contributed by atoms with Crippen LogP contribution in [0.2, 0.25) is 0 Å². The molecule has 0 bridgehead atoms. The number of nitrogens with two attached hydrogens (primary N) is 1. The summed E-state index contributed by atoms with van der Waals surface area (Å²) in [5.74, 6) is 0. The van der Waals surface area contributed by atoms with Gasteiger partial charge in [0.15, 0.2) is 0 Å². The summed E-state index contributed by atoms with van der Waals surface area (Å²) < 4.78 is 28.6. The summed E-state index contributed by atoms with van der Waals surface area (Å²) >= 11 is 0. The molecule has 0 saturated carbocycles. The Bertz CT molecular complexity index is 1400. The van der Waals surface area contributed by atoms with Crippen molar-refractivity contribution in [2.45, 2.75) is 58.5 Å². The van der Waals surface area contributed by atoms with E-state index in [4.69, 9.17) is 5.73 Å². The topological polar surface area (TPSA) is 72.2 Å². The van der Waals surface area contributed by atoms with Gasteiger partial charge in [0.1, 0.15) is 0 Å². The number of hydrogen-bond acceptors (Lipinski definition) is 3. The number of aryl methyl sites for hydroxylation is 3. The monoisotopic (exact) mass is 616 g/mol. The summed E-state index contributed by atoms with van der Waals surface area (Å²) in [6, 6.07) is 26.8. The van der Waals surface area contributed by atoms with E-state index in [-0.39, 0.29) is 24.4 Å². The SMILES string of the molecule is Cc1cc(C)c(C)c(C)c1C.Cc1ccc(S(=O)(=O)N[C@H](c2ccccc2)[C@H](N)c2ccccc2)cc1.[Ru]. The summed E-state index contributed by atoms with van der Waals surface area (Å²) in [5, 5.41) is 0. The Balaban J connectivity index is 0.000000356. The van der Waals surface area contributed by atoms with Crippen molar-refractivity contribution in [3.63, 3.8) is 0 Å². The van der Waals surface area contributed by atoms with E-state index in [9.17, 15) is 8.42 Å². The third kappa shape index (κ3) is 7.94. The van der Waals surface area contributed by atoms with Crippen molar-refractivity contribution in [3.05, 3.63) is 136 Å². The molecule has 4 nitrogen and oxygen atoms in total. The first-order valence-corrected chi connectivity index (χ1v) is 14.0. The van der Waals surface area contributed by atoms with Gasteiger partial charge < -0.3 is 5.73 Å². The molecule has 202 valence electrons. The van der Waals surface area contributed by atoms with E-state index in [1.54, 1.807) is 24.3 Å². The molecule has 0 aliphatic rings. The zero-order valence-corrected chi connectivity index (χ0v) is 25.5. The van der Waals surface area contributed by atoms with Crippen LogP contribution in [0.15, 0.2) is 95.9 Å². The average Bonchev–Trinajstić information content (AvgIpc) is 2.91. The predicted molar refractivity (Wildman–Crippen MR) is 154 cm³/mol. The molecular formula is C32H38N2O2RuS. The van der Waals surface area contributed by atoms with Crippen LogP contribution >= 0.6 is 0 Å². The van der Waals surface area contributed by atoms with E-state index in [2.05, 4.69) is 45.4 Å². The van der Waals surface area contributed by atoms with E-state index < -0.39 is 22.1 Å². The maximum atomic E-state index is 12.9.